The molecule has 1 aromatic rings. The summed E-state index contributed by atoms with van der Waals surface area (Å²) in [5.74, 6) is 0.273. The van der Waals surface area contributed by atoms with E-state index in [9.17, 15) is 9.00 Å². The van der Waals surface area contributed by atoms with Crippen molar-refractivity contribution in [2.24, 2.45) is 5.92 Å². The molecule has 0 radical (unpaired) electrons. The minimum Gasteiger partial charge on any atom is -0.444 e. The number of rotatable bonds is 5. The van der Waals surface area contributed by atoms with Gasteiger partial charge in [-0.05, 0) is 66.0 Å². The zero-order chi connectivity index (χ0) is 23.6. The number of aryl methyl sites for hydroxylation is 1. The van der Waals surface area contributed by atoms with Crippen LogP contribution in [-0.2, 0) is 15.7 Å². The van der Waals surface area contributed by atoms with Crippen molar-refractivity contribution < 1.29 is 13.7 Å². The van der Waals surface area contributed by atoms with Gasteiger partial charge in [-0.15, -0.1) is 0 Å². The van der Waals surface area contributed by atoms with Gasteiger partial charge in [0.15, 0.2) is 0 Å². The molecular weight excluding hydrogens is 410 g/mol. The summed E-state index contributed by atoms with van der Waals surface area (Å²) in [7, 11) is -1.17. The van der Waals surface area contributed by atoms with Gasteiger partial charge in [0.25, 0.3) is 0 Å². The molecule has 1 aliphatic rings. The van der Waals surface area contributed by atoms with Crippen LogP contribution in [0, 0.1) is 12.8 Å². The normalized spacial score (nSPS) is 17.6. The summed E-state index contributed by atoms with van der Waals surface area (Å²) < 4.78 is 21.5. The van der Waals surface area contributed by atoms with Crippen molar-refractivity contribution >= 4 is 22.8 Å². The summed E-state index contributed by atoms with van der Waals surface area (Å²) >= 11 is 0. The van der Waals surface area contributed by atoms with Crippen molar-refractivity contribution in [3.05, 3.63) is 29.3 Å². The molecule has 1 aromatic carbocycles. The van der Waals surface area contributed by atoms with E-state index in [1.165, 1.54) is 11.1 Å². The second-order valence-electron chi connectivity index (χ2n) is 10.7. The maximum absolute atomic E-state index is 12.9. The average Bonchev–Trinajstić information content (AvgIpc) is 2.63. The van der Waals surface area contributed by atoms with Gasteiger partial charge in [0.05, 0.1) is 15.7 Å². The molecule has 176 valence electrons. The fraction of sp³-hybridized carbons (Fsp3) is 0.708. The lowest BCUT2D eigenvalue weighted by molar-refractivity contribution is 0.0240. The molecule has 0 bridgehead atoms. The number of carbonyl (C=O) groups excluding carboxylic acids is 1. The lowest BCUT2D eigenvalue weighted by Gasteiger charge is -2.39. The van der Waals surface area contributed by atoms with Crippen molar-refractivity contribution in [3.63, 3.8) is 0 Å². The van der Waals surface area contributed by atoms with Crippen molar-refractivity contribution in [3.8, 4) is 0 Å². The number of amides is 1. The number of hydrogen-bond acceptors (Lipinski definition) is 4. The Morgan fingerprint density at radius 3 is 2.13 bits per heavy atom. The molecule has 0 aliphatic carbocycles. The van der Waals surface area contributed by atoms with Crippen LogP contribution in [0.1, 0.15) is 72.6 Å². The van der Waals surface area contributed by atoms with Crippen molar-refractivity contribution in [1.82, 2.24) is 9.62 Å². The Morgan fingerprint density at radius 2 is 1.65 bits per heavy atom. The molecule has 1 saturated heterocycles. The van der Waals surface area contributed by atoms with Gasteiger partial charge in [0, 0.05) is 37.9 Å². The third-order valence-corrected chi connectivity index (χ3v) is 6.83. The largest absolute Gasteiger partial charge is 0.444 e. The van der Waals surface area contributed by atoms with Crippen molar-refractivity contribution in [2.75, 3.05) is 31.1 Å². The molecule has 31 heavy (non-hydrogen) atoms. The predicted octanol–water partition coefficient (Wildman–Crippen LogP) is 4.80. The van der Waals surface area contributed by atoms with Crippen molar-refractivity contribution in [1.29, 1.82) is 0 Å². The van der Waals surface area contributed by atoms with E-state index >= 15 is 0 Å². The second kappa shape index (κ2) is 9.90. The molecular formula is C24H41N3O3S. The van der Waals surface area contributed by atoms with Crippen LogP contribution < -0.4 is 9.62 Å². The maximum atomic E-state index is 12.9. The van der Waals surface area contributed by atoms with E-state index in [0.29, 0.717) is 13.1 Å². The van der Waals surface area contributed by atoms with E-state index in [2.05, 4.69) is 48.6 Å². The van der Waals surface area contributed by atoms with Crippen LogP contribution in [0.4, 0.5) is 10.5 Å². The van der Waals surface area contributed by atoms with Gasteiger partial charge in [-0.1, -0.05) is 31.5 Å². The molecule has 1 amide bonds. The zero-order valence-electron chi connectivity index (χ0n) is 20.7. The summed E-state index contributed by atoms with van der Waals surface area (Å²) in [5.41, 5.74) is 3.00. The fourth-order valence-corrected chi connectivity index (χ4v) is 4.50. The molecule has 2 rings (SSSR count). The minimum absolute atomic E-state index is 0.0288. The van der Waals surface area contributed by atoms with E-state index in [1.807, 2.05) is 41.5 Å². The fourth-order valence-electron chi connectivity index (χ4n) is 3.52. The third kappa shape index (κ3) is 7.21. The van der Waals surface area contributed by atoms with E-state index in [4.69, 9.17) is 4.74 Å². The summed E-state index contributed by atoms with van der Waals surface area (Å²) in [4.78, 5) is 16.5. The SMILES string of the molecule is Cc1ccc(N2CCN(C(=O)OC(C)(C)C)CC2)c(C(NS(=O)C(C)(C)C)C(C)C)c1. The van der Waals surface area contributed by atoms with Crippen LogP contribution >= 0.6 is 0 Å². The summed E-state index contributed by atoms with van der Waals surface area (Å²) in [5, 5.41) is 0. The van der Waals surface area contributed by atoms with Crippen LogP contribution in [0.5, 0.6) is 0 Å². The molecule has 7 heteroatoms. The number of nitrogens with one attached hydrogen (secondary N) is 1. The average molecular weight is 452 g/mol. The number of benzene rings is 1. The lowest BCUT2D eigenvalue weighted by Crippen LogP contribution is -2.50. The Hall–Kier alpha value is -1.60. The van der Waals surface area contributed by atoms with Crippen LogP contribution in [0.2, 0.25) is 0 Å². The number of carbonyl (C=O) groups is 1. The highest BCUT2D eigenvalue weighted by Gasteiger charge is 2.30. The van der Waals surface area contributed by atoms with Crippen LogP contribution in [0.3, 0.4) is 0 Å². The van der Waals surface area contributed by atoms with Gasteiger partial charge >= 0.3 is 6.09 Å². The molecule has 1 fully saturated rings. The first-order valence-corrected chi connectivity index (χ1v) is 12.4. The van der Waals surface area contributed by atoms with E-state index in [-0.39, 0.29) is 22.8 Å². The highest BCUT2D eigenvalue weighted by Crippen LogP contribution is 2.33. The molecule has 1 aliphatic heterocycles. The highest BCUT2D eigenvalue weighted by atomic mass is 32.2. The monoisotopic (exact) mass is 451 g/mol. The number of anilines is 1. The number of hydrogen-bond donors (Lipinski definition) is 1. The first-order valence-electron chi connectivity index (χ1n) is 11.2. The van der Waals surface area contributed by atoms with Crippen molar-refractivity contribution in [2.45, 2.75) is 78.7 Å². The molecule has 2 atom stereocenters. The molecule has 0 aromatic heterocycles. The van der Waals surface area contributed by atoms with Gasteiger partial charge in [0.2, 0.25) is 0 Å². The van der Waals surface area contributed by atoms with Gasteiger partial charge in [0.1, 0.15) is 5.60 Å². The summed E-state index contributed by atoms with van der Waals surface area (Å²) in [6, 6.07) is 6.45. The molecule has 1 heterocycles. The lowest BCUT2D eigenvalue weighted by atomic mass is 9.93. The van der Waals surface area contributed by atoms with Crippen LogP contribution in [0.15, 0.2) is 18.2 Å². The Labute approximate surface area is 191 Å². The van der Waals surface area contributed by atoms with Crippen LogP contribution in [-0.4, -0.2) is 51.7 Å². The van der Waals surface area contributed by atoms with E-state index < -0.39 is 16.6 Å². The molecule has 6 nitrogen and oxygen atoms in total. The number of ether oxygens (including phenoxy) is 1. The molecule has 0 saturated carbocycles. The van der Waals surface area contributed by atoms with E-state index in [0.717, 1.165) is 18.8 Å². The van der Waals surface area contributed by atoms with Gasteiger partial charge in [-0.2, -0.15) is 0 Å². The Morgan fingerprint density at radius 1 is 1.06 bits per heavy atom. The maximum Gasteiger partial charge on any atom is 0.410 e. The van der Waals surface area contributed by atoms with Gasteiger partial charge < -0.3 is 14.5 Å². The quantitative estimate of drug-likeness (QED) is 0.698. The van der Waals surface area contributed by atoms with Gasteiger partial charge in [-0.25, -0.2) is 13.7 Å². The number of nitrogens with zero attached hydrogens (tertiary/aromatic N) is 2. The predicted molar refractivity (Wildman–Crippen MR) is 130 cm³/mol. The Balaban J connectivity index is 2.23. The molecule has 0 spiro atoms. The van der Waals surface area contributed by atoms with Crippen LogP contribution in [0.25, 0.3) is 0 Å². The Bertz CT molecular complexity index is 788. The molecule has 1 N–H and O–H groups in total. The topological polar surface area (TPSA) is 61.9 Å². The first-order chi connectivity index (χ1) is 14.2. The highest BCUT2D eigenvalue weighted by molar-refractivity contribution is 7.84. The zero-order valence-corrected chi connectivity index (χ0v) is 21.6. The Kier molecular flexibility index (Phi) is 8.20. The smallest absolute Gasteiger partial charge is 0.410 e. The summed E-state index contributed by atoms with van der Waals surface area (Å²) in [6.45, 7) is 20.7. The summed E-state index contributed by atoms with van der Waals surface area (Å²) in [6.07, 6.45) is -0.251. The minimum atomic E-state index is -1.17. The molecule has 2 unspecified atom stereocenters. The standard InChI is InChI=1S/C24H41N3O3S/c1-17(2)21(25-31(29)24(7,8)9)19-16-18(3)10-11-20(19)26-12-14-27(15-13-26)22(28)30-23(4,5)6/h10-11,16-17,21,25H,12-15H2,1-9H3. The first kappa shape index (κ1) is 25.7. The second-order valence-corrected chi connectivity index (χ2v) is 12.7. The van der Waals surface area contributed by atoms with E-state index in [1.54, 1.807) is 4.90 Å². The third-order valence-electron chi connectivity index (χ3n) is 5.25. The number of piperazine rings is 1. The van der Waals surface area contributed by atoms with Gasteiger partial charge in [-0.3, -0.25) is 0 Å².